The topological polar surface area (TPSA) is 84.4 Å². The molecule has 1 aliphatic heterocycles. The molecule has 3 fully saturated rings. The molecular formula is C23H28BrFN4O3S. The standard InChI is InChI=1S/C23H28BrFN4O3S/c1-22(16-5-6-16)15-29(10-11-32-22)33(30,31)19-12-17(24)13-27-21(19)28-14-23(7-3-8-23)20-18(25)4-2-9-26-20/h2,4,9,12-13,16H,3,5-8,10-11,14-15H2,1H3,(H,27,28). The van der Waals surface area contributed by atoms with Gasteiger partial charge in [-0.1, -0.05) is 6.42 Å². The van der Waals surface area contributed by atoms with Crippen LogP contribution < -0.4 is 5.32 Å². The van der Waals surface area contributed by atoms with E-state index >= 15 is 0 Å². The molecule has 3 heterocycles. The number of anilines is 1. The van der Waals surface area contributed by atoms with Crippen molar-refractivity contribution < 1.29 is 17.5 Å². The van der Waals surface area contributed by atoms with Gasteiger partial charge in [0.05, 0.1) is 17.9 Å². The van der Waals surface area contributed by atoms with Crippen molar-refractivity contribution in [2.45, 2.75) is 54.9 Å². The monoisotopic (exact) mass is 538 g/mol. The summed E-state index contributed by atoms with van der Waals surface area (Å²) in [6.07, 6.45) is 7.87. The third kappa shape index (κ3) is 4.31. The summed E-state index contributed by atoms with van der Waals surface area (Å²) in [7, 11) is -3.81. The summed E-state index contributed by atoms with van der Waals surface area (Å²) in [5.74, 6) is 0.351. The number of hydrogen-bond acceptors (Lipinski definition) is 6. The van der Waals surface area contributed by atoms with Crippen molar-refractivity contribution in [2.24, 2.45) is 5.92 Å². The second kappa shape index (κ2) is 8.55. The van der Waals surface area contributed by atoms with Crippen molar-refractivity contribution in [1.29, 1.82) is 0 Å². The molecule has 178 valence electrons. The first-order chi connectivity index (χ1) is 15.7. The minimum absolute atomic E-state index is 0.118. The largest absolute Gasteiger partial charge is 0.372 e. The fourth-order valence-electron chi connectivity index (χ4n) is 5.02. The van der Waals surface area contributed by atoms with E-state index in [9.17, 15) is 12.8 Å². The van der Waals surface area contributed by atoms with Crippen molar-refractivity contribution in [3.05, 3.63) is 46.6 Å². The van der Waals surface area contributed by atoms with E-state index in [0.29, 0.717) is 42.3 Å². The summed E-state index contributed by atoms with van der Waals surface area (Å²) >= 11 is 3.37. The Morgan fingerprint density at radius 3 is 2.79 bits per heavy atom. The molecule has 7 nitrogen and oxygen atoms in total. The summed E-state index contributed by atoms with van der Waals surface area (Å²) in [5, 5.41) is 3.23. The predicted molar refractivity (Wildman–Crippen MR) is 126 cm³/mol. The van der Waals surface area contributed by atoms with Crippen molar-refractivity contribution in [3.63, 3.8) is 0 Å². The number of morpholine rings is 1. The van der Waals surface area contributed by atoms with Crippen LogP contribution in [-0.4, -0.2) is 54.5 Å². The molecular weight excluding hydrogens is 511 g/mol. The molecule has 0 radical (unpaired) electrons. The molecule has 2 aromatic rings. The van der Waals surface area contributed by atoms with Crippen LogP contribution >= 0.6 is 15.9 Å². The number of aromatic nitrogens is 2. The quantitative estimate of drug-likeness (QED) is 0.571. The van der Waals surface area contributed by atoms with Crippen LogP contribution in [0.15, 0.2) is 40.0 Å². The first kappa shape index (κ1) is 23.1. The average molecular weight is 539 g/mol. The molecule has 1 atom stereocenters. The zero-order valence-corrected chi connectivity index (χ0v) is 21.0. The smallest absolute Gasteiger partial charge is 0.246 e. The number of halogens is 2. The van der Waals surface area contributed by atoms with E-state index in [4.69, 9.17) is 4.74 Å². The maximum Gasteiger partial charge on any atom is 0.246 e. The first-order valence-electron chi connectivity index (χ1n) is 11.4. The fourth-order valence-corrected chi connectivity index (χ4v) is 7.17. The van der Waals surface area contributed by atoms with E-state index in [1.165, 1.54) is 10.4 Å². The van der Waals surface area contributed by atoms with E-state index in [1.807, 2.05) is 6.92 Å². The van der Waals surface area contributed by atoms with Crippen LogP contribution in [0.1, 0.15) is 44.7 Å². The minimum atomic E-state index is -3.81. The number of hydrogen-bond donors (Lipinski definition) is 1. The van der Waals surface area contributed by atoms with Gasteiger partial charge in [0.1, 0.15) is 16.5 Å². The molecule has 33 heavy (non-hydrogen) atoms. The van der Waals surface area contributed by atoms with E-state index in [0.717, 1.165) is 32.1 Å². The van der Waals surface area contributed by atoms with Crippen LogP contribution in [0.4, 0.5) is 10.2 Å². The molecule has 0 bridgehead atoms. The molecule has 2 aliphatic carbocycles. The van der Waals surface area contributed by atoms with Crippen molar-refractivity contribution in [3.8, 4) is 0 Å². The van der Waals surface area contributed by atoms with Gasteiger partial charge in [-0.05, 0) is 72.7 Å². The van der Waals surface area contributed by atoms with E-state index < -0.39 is 21.0 Å². The number of ether oxygens (including phenoxy) is 1. The SMILES string of the molecule is CC1(C2CC2)CN(S(=O)(=O)c2cc(Br)cnc2NCC2(c3ncccc3F)CCC2)CCO1. The third-order valence-corrected chi connectivity index (χ3v) is 9.60. The minimum Gasteiger partial charge on any atom is -0.372 e. The lowest BCUT2D eigenvalue weighted by Crippen LogP contribution is -2.53. The van der Waals surface area contributed by atoms with Gasteiger partial charge in [0, 0.05) is 41.9 Å². The predicted octanol–water partition coefficient (Wildman–Crippen LogP) is 4.10. The normalized spacial score (nSPS) is 25.4. The highest BCUT2D eigenvalue weighted by Gasteiger charge is 2.48. The number of rotatable bonds is 7. The number of nitrogens with zero attached hydrogens (tertiary/aromatic N) is 3. The van der Waals surface area contributed by atoms with Crippen LogP contribution in [0, 0.1) is 11.7 Å². The highest BCUT2D eigenvalue weighted by Crippen LogP contribution is 2.45. The summed E-state index contributed by atoms with van der Waals surface area (Å²) < 4.78 is 50.0. The molecule has 10 heteroatoms. The van der Waals surface area contributed by atoms with Crippen LogP contribution in [0.25, 0.3) is 0 Å². The number of sulfonamides is 1. The summed E-state index contributed by atoms with van der Waals surface area (Å²) in [5.41, 5.74) is -0.492. The zero-order chi connectivity index (χ0) is 23.3. The molecule has 1 N–H and O–H groups in total. The second-order valence-electron chi connectivity index (χ2n) is 9.60. The maximum absolute atomic E-state index is 14.5. The Balaban J connectivity index is 1.42. The Morgan fingerprint density at radius 1 is 1.33 bits per heavy atom. The lowest BCUT2D eigenvalue weighted by atomic mass is 9.66. The number of pyridine rings is 2. The van der Waals surface area contributed by atoms with Gasteiger partial charge in [-0.15, -0.1) is 0 Å². The Hall–Kier alpha value is -1.62. The van der Waals surface area contributed by atoms with Crippen molar-refractivity contribution >= 4 is 31.8 Å². The molecule has 2 aromatic heterocycles. The molecule has 0 aromatic carbocycles. The Bertz CT molecular complexity index is 1160. The fraction of sp³-hybridized carbons (Fsp3) is 0.565. The van der Waals surface area contributed by atoms with Crippen molar-refractivity contribution in [2.75, 3.05) is 31.6 Å². The van der Waals surface area contributed by atoms with E-state index in [1.54, 1.807) is 24.5 Å². The second-order valence-corrected chi connectivity index (χ2v) is 12.4. The average Bonchev–Trinajstić information content (AvgIpc) is 3.61. The van der Waals surface area contributed by atoms with Gasteiger partial charge < -0.3 is 10.1 Å². The van der Waals surface area contributed by atoms with Gasteiger partial charge in [0.15, 0.2) is 0 Å². The lowest BCUT2D eigenvalue weighted by Gasteiger charge is -2.42. The lowest BCUT2D eigenvalue weighted by molar-refractivity contribution is -0.0908. The van der Waals surface area contributed by atoms with Crippen LogP contribution in [-0.2, 0) is 20.2 Å². The van der Waals surface area contributed by atoms with Crippen LogP contribution in [0.2, 0.25) is 0 Å². The molecule has 3 aliphatic rings. The third-order valence-electron chi connectivity index (χ3n) is 7.31. The summed E-state index contributed by atoms with van der Waals surface area (Å²) in [6.45, 7) is 3.38. The van der Waals surface area contributed by atoms with Gasteiger partial charge in [-0.2, -0.15) is 4.31 Å². The highest BCUT2D eigenvalue weighted by atomic mass is 79.9. The van der Waals surface area contributed by atoms with Gasteiger partial charge in [-0.3, -0.25) is 4.98 Å². The van der Waals surface area contributed by atoms with Gasteiger partial charge in [0.25, 0.3) is 0 Å². The zero-order valence-electron chi connectivity index (χ0n) is 18.6. The molecule has 1 saturated heterocycles. The van der Waals surface area contributed by atoms with Crippen LogP contribution in [0.3, 0.4) is 0 Å². The Labute approximate surface area is 202 Å². The van der Waals surface area contributed by atoms with Gasteiger partial charge in [-0.25, -0.2) is 17.8 Å². The number of nitrogens with one attached hydrogen (secondary N) is 1. The molecule has 0 spiro atoms. The molecule has 0 amide bonds. The summed E-state index contributed by atoms with van der Waals surface area (Å²) in [4.78, 5) is 8.81. The summed E-state index contributed by atoms with van der Waals surface area (Å²) in [6, 6.07) is 4.59. The van der Waals surface area contributed by atoms with Gasteiger partial charge >= 0.3 is 0 Å². The maximum atomic E-state index is 14.5. The molecule has 5 rings (SSSR count). The molecule has 2 saturated carbocycles. The van der Waals surface area contributed by atoms with E-state index in [2.05, 4.69) is 31.2 Å². The van der Waals surface area contributed by atoms with E-state index in [-0.39, 0.29) is 16.5 Å². The van der Waals surface area contributed by atoms with Crippen LogP contribution in [0.5, 0.6) is 0 Å². The first-order valence-corrected chi connectivity index (χ1v) is 13.6. The Morgan fingerprint density at radius 2 is 2.12 bits per heavy atom. The molecule has 1 unspecified atom stereocenters. The van der Waals surface area contributed by atoms with Crippen molar-refractivity contribution in [1.82, 2.24) is 14.3 Å². The van der Waals surface area contributed by atoms with Gasteiger partial charge in [0.2, 0.25) is 10.0 Å². The highest BCUT2D eigenvalue weighted by molar-refractivity contribution is 9.10. The Kier molecular flexibility index (Phi) is 5.99.